The van der Waals surface area contributed by atoms with Crippen molar-refractivity contribution in [1.82, 2.24) is 0 Å². The first-order valence-electron chi connectivity index (χ1n) is 4.16. The van der Waals surface area contributed by atoms with E-state index < -0.39 is 12.1 Å². The summed E-state index contributed by atoms with van der Waals surface area (Å²) in [6.07, 6.45) is -0.524. The van der Waals surface area contributed by atoms with Crippen molar-refractivity contribution in [3.63, 3.8) is 0 Å². The molecule has 1 heterocycles. The molecule has 0 fully saturated rings. The SMILES string of the molecule is Cc1cc(C(O)CCC(=O)O)sc1Cl. The van der Waals surface area contributed by atoms with Crippen LogP contribution in [0.15, 0.2) is 6.07 Å². The van der Waals surface area contributed by atoms with Crippen molar-refractivity contribution >= 4 is 28.9 Å². The number of hydrogen-bond acceptors (Lipinski definition) is 3. The maximum Gasteiger partial charge on any atom is 0.303 e. The zero-order chi connectivity index (χ0) is 10.7. The molecule has 0 saturated heterocycles. The van der Waals surface area contributed by atoms with E-state index in [0.717, 1.165) is 10.4 Å². The van der Waals surface area contributed by atoms with Gasteiger partial charge in [-0.2, -0.15) is 0 Å². The van der Waals surface area contributed by atoms with Crippen LogP contribution in [-0.2, 0) is 4.79 Å². The minimum Gasteiger partial charge on any atom is -0.481 e. The fraction of sp³-hybridized carbons (Fsp3) is 0.444. The molecule has 14 heavy (non-hydrogen) atoms. The van der Waals surface area contributed by atoms with E-state index in [9.17, 15) is 9.90 Å². The van der Waals surface area contributed by atoms with Crippen LogP contribution in [0.3, 0.4) is 0 Å². The Morgan fingerprint density at radius 2 is 2.36 bits per heavy atom. The molecule has 0 spiro atoms. The molecular formula is C9H11ClO3S. The van der Waals surface area contributed by atoms with Gasteiger partial charge in [-0.3, -0.25) is 4.79 Å². The van der Waals surface area contributed by atoms with Gasteiger partial charge in [0.1, 0.15) is 0 Å². The van der Waals surface area contributed by atoms with Crippen LogP contribution in [0.25, 0.3) is 0 Å². The molecule has 1 atom stereocenters. The first-order valence-corrected chi connectivity index (χ1v) is 5.36. The normalized spacial score (nSPS) is 12.8. The van der Waals surface area contributed by atoms with Crippen molar-refractivity contribution in [2.75, 3.05) is 0 Å². The Labute approximate surface area is 90.9 Å². The molecule has 5 heteroatoms. The van der Waals surface area contributed by atoms with Gasteiger partial charge in [0.2, 0.25) is 0 Å². The molecule has 1 aromatic rings. The van der Waals surface area contributed by atoms with Gasteiger partial charge in [0.15, 0.2) is 0 Å². The highest BCUT2D eigenvalue weighted by molar-refractivity contribution is 7.16. The maximum absolute atomic E-state index is 10.3. The van der Waals surface area contributed by atoms with Gasteiger partial charge >= 0.3 is 5.97 Å². The van der Waals surface area contributed by atoms with Crippen molar-refractivity contribution in [2.45, 2.75) is 25.9 Å². The lowest BCUT2D eigenvalue weighted by Crippen LogP contribution is -2.00. The van der Waals surface area contributed by atoms with Gasteiger partial charge < -0.3 is 10.2 Å². The number of hydrogen-bond donors (Lipinski definition) is 2. The number of halogens is 1. The zero-order valence-electron chi connectivity index (χ0n) is 7.66. The second-order valence-electron chi connectivity index (χ2n) is 3.05. The van der Waals surface area contributed by atoms with Gasteiger partial charge in [-0.05, 0) is 25.0 Å². The van der Waals surface area contributed by atoms with Crippen molar-refractivity contribution in [3.05, 3.63) is 20.8 Å². The number of carboxylic acids is 1. The summed E-state index contributed by atoms with van der Waals surface area (Å²) < 4.78 is 0.648. The summed E-state index contributed by atoms with van der Waals surface area (Å²) in [7, 11) is 0. The van der Waals surface area contributed by atoms with Crippen LogP contribution in [0.5, 0.6) is 0 Å². The van der Waals surface area contributed by atoms with Crippen LogP contribution in [0, 0.1) is 6.92 Å². The van der Waals surface area contributed by atoms with Crippen LogP contribution < -0.4 is 0 Å². The first-order chi connectivity index (χ1) is 6.50. The Balaban J connectivity index is 2.60. The lowest BCUT2D eigenvalue weighted by atomic mass is 10.1. The molecule has 0 bridgehead atoms. The van der Waals surface area contributed by atoms with Crippen LogP contribution >= 0.6 is 22.9 Å². The summed E-state index contributed by atoms with van der Waals surface area (Å²) in [5, 5.41) is 18.0. The number of aryl methyl sites for hydroxylation is 1. The van der Waals surface area contributed by atoms with Gasteiger partial charge in [0, 0.05) is 11.3 Å². The quantitative estimate of drug-likeness (QED) is 0.842. The smallest absolute Gasteiger partial charge is 0.303 e. The van der Waals surface area contributed by atoms with E-state index in [1.807, 2.05) is 6.92 Å². The summed E-state index contributed by atoms with van der Waals surface area (Å²) in [4.78, 5) is 11.0. The Hall–Kier alpha value is -0.580. The monoisotopic (exact) mass is 234 g/mol. The van der Waals surface area contributed by atoms with Crippen molar-refractivity contribution in [2.24, 2.45) is 0 Å². The molecular weight excluding hydrogens is 224 g/mol. The second-order valence-corrected chi connectivity index (χ2v) is 4.74. The fourth-order valence-corrected chi connectivity index (χ4v) is 2.29. The molecule has 0 radical (unpaired) electrons. The molecule has 1 aromatic heterocycles. The number of rotatable bonds is 4. The van der Waals surface area contributed by atoms with Crippen LogP contribution in [0.4, 0.5) is 0 Å². The third-order valence-corrected chi connectivity index (χ3v) is 3.49. The fourth-order valence-electron chi connectivity index (χ4n) is 1.05. The van der Waals surface area contributed by atoms with E-state index in [4.69, 9.17) is 16.7 Å². The van der Waals surface area contributed by atoms with Gasteiger partial charge in [0.05, 0.1) is 10.4 Å². The molecule has 0 saturated carbocycles. The van der Waals surface area contributed by atoms with Crippen LogP contribution in [0.1, 0.15) is 29.4 Å². The van der Waals surface area contributed by atoms with Crippen molar-refractivity contribution in [1.29, 1.82) is 0 Å². The van der Waals surface area contributed by atoms with Crippen LogP contribution in [-0.4, -0.2) is 16.2 Å². The molecule has 1 unspecified atom stereocenters. The number of carboxylic acid groups (broad SMARTS) is 1. The van der Waals surface area contributed by atoms with E-state index in [1.54, 1.807) is 6.07 Å². The highest BCUT2D eigenvalue weighted by Gasteiger charge is 2.13. The minimum absolute atomic E-state index is 0.0320. The highest BCUT2D eigenvalue weighted by Crippen LogP contribution is 2.32. The topological polar surface area (TPSA) is 57.5 Å². The van der Waals surface area contributed by atoms with E-state index in [1.165, 1.54) is 11.3 Å². The van der Waals surface area contributed by atoms with Gasteiger partial charge in [-0.1, -0.05) is 11.6 Å². The van der Waals surface area contributed by atoms with Crippen molar-refractivity contribution < 1.29 is 15.0 Å². The van der Waals surface area contributed by atoms with Gasteiger partial charge in [-0.15, -0.1) is 11.3 Å². The number of carbonyl (C=O) groups is 1. The lowest BCUT2D eigenvalue weighted by Gasteiger charge is -2.05. The summed E-state index contributed by atoms with van der Waals surface area (Å²) >= 11 is 7.12. The summed E-state index contributed by atoms with van der Waals surface area (Å²) in [5.41, 5.74) is 0.918. The van der Waals surface area contributed by atoms with E-state index in [0.29, 0.717) is 4.34 Å². The van der Waals surface area contributed by atoms with E-state index >= 15 is 0 Å². The van der Waals surface area contributed by atoms with Gasteiger partial charge in [-0.25, -0.2) is 0 Å². The molecule has 2 N–H and O–H groups in total. The number of aliphatic hydroxyl groups excluding tert-OH is 1. The Morgan fingerprint density at radius 3 is 2.79 bits per heavy atom. The lowest BCUT2D eigenvalue weighted by molar-refractivity contribution is -0.137. The van der Waals surface area contributed by atoms with Crippen molar-refractivity contribution in [3.8, 4) is 0 Å². The maximum atomic E-state index is 10.3. The first kappa shape index (κ1) is 11.5. The minimum atomic E-state index is -0.900. The number of thiophene rings is 1. The summed E-state index contributed by atoms with van der Waals surface area (Å²) in [6.45, 7) is 1.85. The molecule has 1 rings (SSSR count). The largest absolute Gasteiger partial charge is 0.481 e. The van der Waals surface area contributed by atoms with E-state index in [2.05, 4.69) is 0 Å². The Kier molecular flexibility index (Phi) is 3.92. The predicted molar refractivity (Wildman–Crippen MR) is 55.9 cm³/mol. The number of aliphatic hydroxyl groups is 1. The second kappa shape index (κ2) is 4.77. The predicted octanol–water partition coefficient (Wildman–Crippen LogP) is 2.61. The molecule has 0 amide bonds. The molecule has 78 valence electrons. The average Bonchev–Trinajstić information content (AvgIpc) is 2.43. The standard InChI is InChI=1S/C9H11ClO3S/c1-5-4-7(14-9(5)10)6(11)2-3-8(12)13/h4,6,11H,2-3H2,1H3,(H,12,13). The molecule has 3 nitrogen and oxygen atoms in total. The number of aliphatic carboxylic acids is 1. The third-order valence-electron chi connectivity index (χ3n) is 1.84. The van der Waals surface area contributed by atoms with Gasteiger partial charge in [0.25, 0.3) is 0 Å². The molecule has 0 aromatic carbocycles. The average molecular weight is 235 g/mol. The molecule has 0 aliphatic carbocycles. The Bertz CT molecular complexity index is 315. The molecule has 0 aliphatic rings. The van der Waals surface area contributed by atoms with Crippen LogP contribution in [0.2, 0.25) is 4.34 Å². The third kappa shape index (κ3) is 2.97. The molecule has 0 aliphatic heterocycles. The highest BCUT2D eigenvalue weighted by atomic mass is 35.5. The Morgan fingerprint density at radius 1 is 1.71 bits per heavy atom. The summed E-state index contributed by atoms with van der Waals surface area (Å²) in [5.74, 6) is -0.900. The summed E-state index contributed by atoms with van der Waals surface area (Å²) in [6, 6.07) is 1.79. The van der Waals surface area contributed by atoms with E-state index in [-0.39, 0.29) is 12.8 Å². The zero-order valence-corrected chi connectivity index (χ0v) is 9.23.